The van der Waals surface area contributed by atoms with Crippen molar-refractivity contribution in [3.05, 3.63) is 21.4 Å². The van der Waals surface area contributed by atoms with Gasteiger partial charge in [0.25, 0.3) is 0 Å². The lowest BCUT2D eigenvalue weighted by Crippen LogP contribution is -2.33. The Kier molecular flexibility index (Phi) is 6.16. The van der Waals surface area contributed by atoms with Crippen molar-refractivity contribution in [2.75, 3.05) is 13.7 Å². The van der Waals surface area contributed by atoms with Gasteiger partial charge in [-0.3, -0.25) is 4.79 Å². The molecule has 2 heterocycles. The van der Waals surface area contributed by atoms with E-state index in [1.165, 1.54) is 18.4 Å². The molecule has 0 bridgehead atoms. The maximum Gasteiger partial charge on any atom is 0.349 e. The molecule has 0 saturated carbocycles. The van der Waals surface area contributed by atoms with Crippen molar-refractivity contribution in [3.8, 4) is 23.7 Å². The summed E-state index contributed by atoms with van der Waals surface area (Å²) >= 11 is 1.28. The summed E-state index contributed by atoms with van der Waals surface area (Å²) in [4.78, 5) is 27.5. The molecule has 2 rings (SSSR count). The van der Waals surface area contributed by atoms with Crippen molar-refractivity contribution in [2.24, 2.45) is 11.3 Å². The van der Waals surface area contributed by atoms with Crippen LogP contribution in [0.2, 0.25) is 0 Å². The van der Waals surface area contributed by atoms with Gasteiger partial charge in [0.05, 0.1) is 17.6 Å². The molecule has 1 fully saturated rings. The van der Waals surface area contributed by atoms with Crippen LogP contribution in [0, 0.1) is 35.0 Å². The molecule has 0 spiro atoms. The second kappa shape index (κ2) is 7.98. The van der Waals surface area contributed by atoms with Gasteiger partial charge in [0.2, 0.25) is 5.91 Å². The van der Waals surface area contributed by atoms with Gasteiger partial charge in [-0.15, -0.1) is 11.3 Å². The van der Waals surface area contributed by atoms with Gasteiger partial charge in [-0.2, -0.15) is 0 Å². The summed E-state index contributed by atoms with van der Waals surface area (Å²) in [5.74, 6) is 11.7. The van der Waals surface area contributed by atoms with E-state index >= 15 is 0 Å². The van der Waals surface area contributed by atoms with Crippen molar-refractivity contribution in [3.63, 3.8) is 0 Å². The van der Waals surface area contributed by atoms with Gasteiger partial charge in [-0.25, -0.2) is 4.79 Å². The lowest BCUT2D eigenvalue weighted by molar-refractivity contribution is -0.130. The Balaban J connectivity index is 0.00000364. The molecule has 0 radical (unpaired) electrons. The Morgan fingerprint density at radius 3 is 2.62 bits per heavy atom. The number of hydrogen-bond donors (Lipinski definition) is 0. The SMILES string of the molecule is COC(=O)c1sc(C#CC(C)(C)C)cc1C#CC1CCN(C(C)C)C1=O.[HH]. The fourth-order valence-electron chi connectivity index (χ4n) is 2.55. The highest BCUT2D eigenvalue weighted by Crippen LogP contribution is 2.24. The van der Waals surface area contributed by atoms with Crippen LogP contribution in [0.4, 0.5) is 0 Å². The number of carbonyl (C=O) groups is 2. The first-order valence-corrected chi connectivity index (χ1v) is 9.51. The van der Waals surface area contributed by atoms with Crippen LogP contribution in [-0.4, -0.2) is 36.5 Å². The maximum absolute atomic E-state index is 12.4. The number of ether oxygens (including phenoxy) is 1. The monoisotopic (exact) mass is 373 g/mol. The molecule has 5 heteroatoms. The van der Waals surface area contributed by atoms with Gasteiger partial charge in [-0.05, 0) is 47.1 Å². The molecule has 0 N–H and O–H groups in total. The van der Waals surface area contributed by atoms with Gasteiger partial charge in [0.1, 0.15) is 10.8 Å². The number of rotatable bonds is 2. The van der Waals surface area contributed by atoms with Crippen LogP contribution in [0.5, 0.6) is 0 Å². The molecule has 1 aliphatic heterocycles. The zero-order valence-corrected chi connectivity index (χ0v) is 17.0. The van der Waals surface area contributed by atoms with Crippen LogP contribution in [-0.2, 0) is 9.53 Å². The van der Waals surface area contributed by atoms with Crippen molar-refractivity contribution in [1.82, 2.24) is 4.90 Å². The number of methoxy groups -OCH3 is 1. The van der Waals surface area contributed by atoms with Crippen LogP contribution in [0.1, 0.15) is 62.6 Å². The highest BCUT2D eigenvalue weighted by Gasteiger charge is 2.31. The first kappa shape index (κ1) is 20.1. The number of hydrogen-bond acceptors (Lipinski definition) is 4. The summed E-state index contributed by atoms with van der Waals surface area (Å²) in [5, 5.41) is 0. The molecule has 140 valence electrons. The van der Waals surface area contributed by atoms with Gasteiger partial charge in [0.15, 0.2) is 0 Å². The Bertz CT molecular complexity index is 828. The molecule has 1 aliphatic rings. The third kappa shape index (κ3) is 4.90. The fraction of sp³-hybridized carbons (Fsp3) is 0.524. The summed E-state index contributed by atoms with van der Waals surface area (Å²) in [5.41, 5.74) is 0.452. The number of nitrogens with zero attached hydrogens (tertiary/aromatic N) is 1. The summed E-state index contributed by atoms with van der Waals surface area (Å²) in [7, 11) is 1.35. The summed E-state index contributed by atoms with van der Waals surface area (Å²) in [6, 6.07) is 1.99. The smallest absolute Gasteiger partial charge is 0.349 e. The van der Waals surface area contributed by atoms with Gasteiger partial charge >= 0.3 is 5.97 Å². The van der Waals surface area contributed by atoms with E-state index in [4.69, 9.17) is 4.74 Å². The van der Waals surface area contributed by atoms with E-state index in [0.29, 0.717) is 10.4 Å². The van der Waals surface area contributed by atoms with Crippen molar-refractivity contribution < 1.29 is 15.8 Å². The molecular weight excluding hydrogens is 346 g/mol. The summed E-state index contributed by atoms with van der Waals surface area (Å²) in [6.45, 7) is 10.8. The predicted octanol–water partition coefficient (Wildman–Crippen LogP) is 3.79. The second-order valence-electron chi connectivity index (χ2n) is 7.58. The Hall–Kier alpha value is -2.24. The summed E-state index contributed by atoms with van der Waals surface area (Å²) < 4.78 is 4.86. The Labute approximate surface area is 161 Å². The first-order chi connectivity index (χ1) is 12.1. The average molecular weight is 374 g/mol. The number of likely N-dealkylation sites (tertiary alicyclic amines) is 1. The molecule has 1 unspecified atom stereocenters. The van der Waals surface area contributed by atoms with Gasteiger partial charge < -0.3 is 9.64 Å². The van der Waals surface area contributed by atoms with E-state index in [-0.39, 0.29) is 24.7 Å². The summed E-state index contributed by atoms with van der Waals surface area (Å²) in [6.07, 6.45) is 0.721. The number of esters is 1. The second-order valence-corrected chi connectivity index (χ2v) is 8.63. The standard InChI is InChI=1S/C21H25NO3S.H2/c1-14(2)22-12-10-15(19(22)23)7-8-16-13-17(9-11-21(3,4)5)26-18(16)20(24)25-6;/h13-15H,10,12H2,1-6H3;1H. The normalized spacial score (nSPS) is 16.8. The van der Waals surface area contributed by atoms with E-state index in [1.807, 2.05) is 45.6 Å². The van der Waals surface area contributed by atoms with Crippen molar-refractivity contribution in [1.29, 1.82) is 0 Å². The lowest BCUT2D eigenvalue weighted by atomic mass is 9.98. The minimum Gasteiger partial charge on any atom is -0.465 e. The zero-order chi connectivity index (χ0) is 19.5. The van der Waals surface area contributed by atoms with Crippen LogP contribution in [0.25, 0.3) is 0 Å². The van der Waals surface area contributed by atoms with Crippen LogP contribution >= 0.6 is 11.3 Å². The highest BCUT2D eigenvalue weighted by molar-refractivity contribution is 7.14. The molecule has 1 aromatic heterocycles. The predicted molar refractivity (Wildman–Crippen MR) is 106 cm³/mol. The van der Waals surface area contributed by atoms with E-state index in [1.54, 1.807) is 0 Å². The highest BCUT2D eigenvalue weighted by atomic mass is 32.1. The van der Waals surface area contributed by atoms with Crippen LogP contribution in [0.3, 0.4) is 0 Å². The topological polar surface area (TPSA) is 46.6 Å². The number of thiophene rings is 1. The fourth-order valence-corrected chi connectivity index (χ4v) is 3.44. The van der Waals surface area contributed by atoms with E-state index in [9.17, 15) is 9.59 Å². The quantitative estimate of drug-likeness (QED) is 0.585. The molecule has 0 aliphatic carbocycles. The minimum atomic E-state index is -0.426. The van der Waals surface area contributed by atoms with Gasteiger partial charge in [-0.1, -0.05) is 23.7 Å². The molecule has 0 aromatic carbocycles. The average Bonchev–Trinajstić information content (AvgIpc) is 3.13. The van der Waals surface area contributed by atoms with Gasteiger partial charge in [0, 0.05) is 19.4 Å². The van der Waals surface area contributed by atoms with E-state index < -0.39 is 5.97 Å². The zero-order valence-electron chi connectivity index (χ0n) is 16.2. The third-order valence-electron chi connectivity index (χ3n) is 3.91. The number of carbonyl (C=O) groups excluding carboxylic acids is 2. The van der Waals surface area contributed by atoms with Crippen LogP contribution < -0.4 is 0 Å². The third-order valence-corrected chi connectivity index (χ3v) is 4.94. The Morgan fingerprint density at radius 2 is 2.08 bits per heavy atom. The molecule has 4 nitrogen and oxygen atoms in total. The minimum absolute atomic E-state index is 0. The molecule has 1 atom stereocenters. The van der Waals surface area contributed by atoms with Crippen molar-refractivity contribution >= 4 is 23.2 Å². The van der Waals surface area contributed by atoms with E-state index in [2.05, 4.69) is 23.7 Å². The maximum atomic E-state index is 12.4. The molecule has 1 saturated heterocycles. The molecule has 1 amide bonds. The lowest BCUT2D eigenvalue weighted by Gasteiger charge is -2.19. The van der Waals surface area contributed by atoms with Crippen molar-refractivity contribution in [2.45, 2.75) is 47.1 Å². The number of amides is 1. The molecule has 1 aromatic rings. The largest absolute Gasteiger partial charge is 0.465 e. The van der Waals surface area contributed by atoms with Crippen LogP contribution in [0.15, 0.2) is 6.07 Å². The molecular formula is C21H27NO3S. The molecule has 26 heavy (non-hydrogen) atoms. The van der Waals surface area contributed by atoms with E-state index in [0.717, 1.165) is 17.8 Å². The first-order valence-electron chi connectivity index (χ1n) is 8.69. The Morgan fingerprint density at radius 1 is 1.38 bits per heavy atom.